The van der Waals surface area contributed by atoms with E-state index in [0.29, 0.717) is 19.7 Å². The molecular weight excluding hydrogens is 230 g/mol. The van der Waals surface area contributed by atoms with E-state index in [4.69, 9.17) is 4.74 Å². The van der Waals surface area contributed by atoms with Crippen molar-refractivity contribution in [3.63, 3.8) is 0 Å². The van der Waals surface area contributed by atoms with Gasteiger partial charge in [-0.05, 0) is 26.0 Å². The van der Waals surface area contributed by atoms with E-state index in [1.54, 1.807) is 7.11 Å². The van der Waals surface area contributed by atoms with Gasteiger partial charge in [0.15, 0.2) is 0 Å². The second kappa shape index (κ2) is 7.79. The van der Waals surface area contributed by atoms with E-state index in [0.717, 1.165) is 11.4 Å². The smallest absolute Gasteiger partial charge is 0.236 e. The Labute approximate surface area is 108 Å². The summed E-state index contributed by atoms with van der Waals surface area (Å²) in [5.41, 5.74) is 1.91. The highest BCUT2D eigenvalue weighted by atomic mass is 16.5. The quantitative estimate of drug-likeness (QED) is 0.698. The average Bonchev–Trinajstić information content (AvgIpc) is 2.36. The van der Waals surface area contributed by atoms with Crippen LogP contribution in [0.15, 0.2) is 18.2 Å². The summed E-state index contributed by atoms with van der Waals surface area (Å²) in [7, 11) is 1.61. The lowest BCUT2D eigenvalue weighted by Crippen LogP contribution is -2.42. The molecule has 0 spiro atoms. The molecule has 0 saturated heterocycles. The van der Waals surface area contributed by atoms with Crippen molar-refractivity contribution >= 4 is 5.91 Å². The fourth-order valence-corrected chi connectivity index (χ4v) is 1.48. The Hall–Kier alpha value is -1.46. The van der Waals surface area contributed by atoms with Crippen molar-refractivity contribution in [2.45, 2.75) is 26.4 Å². The largest absolute Gasteiger partial charge is 0.383 e. The Morgan fingerprint density at radius 1 is 1.50 bits per heavy atom. The number of aromatic nitrogens is 1. The maximum Gasteiger partial charge on any atom is 0.236 e. The molecule has 0 bridgehead atoms. The molecule has 1 rings (SSSR count). The lowest BCUT2D eigenvalue weighted by Gasteiger charge is -2.13. The Bertz CT molecular complexity index is 382. The number of amides is 1. The van der Waals surface area contributed by atoms with Crippen LogP contribution in [-0.2, 0) is 16.1 Å². The SMILES string of the molecule is COCCNC(=O)C(C)NCc1cccc(C)n1. The van der Waals surface area contributed by atoms with Crippen molar-refractivity contribution < 1.29 is 9.53 Å². The van der Waals surface area contributed by atoms with E-state index in [1.807, 2.05) is 32.0 Å². The number of ether oxygens (including phenoxy) is 1. The first-order valence-corrected chi connectivity index (χ1v) is 6.06. The molecule has 0 aromatic carbocycles. The van der Waals surface area contributed by atoms with Crippen molar-refractivity contribution in [1.29, 1.82) is 0 Å². The van der Waals surface area contributed by atoms with Crippen LogP contribution in [0.5, 0.6) is 0 Å². The molecule has 0 saturated carbocycles. The molecule has 0 aliphatic rings. The molecule has 2 N–H and O–H groups in total. The first-order valence-electron chi connectivity index (χ1n) is 6.06. The summed E-state index contributed by atoms with van der Waals surface area (Å²) in [6.45, 7) is 5.42. The van der Waals surface area contributed by atoms with Gasteiger partial charge >= 0.3 is 0 Å². The number of nitrogens with zero attached hydrogens (tertiary/aromatic N) is 1. The number of hydrogen-bond acceptors (Lipinski definition) is 4. The van der Waals surface area contributed by atoms with Gasteiger partial charge in [0.25, 0.3) is 0 Å². The molecule has 0 aliphatic heterocycles. The fraction of sp³-hybridized carbons (Fsp3) is 0.538. The van der Waals surface area contributed by atoms with Gasteiger partial charge in [0.05, 0.1) is 18.3 Å². The van der Waals surface area contributed by atoms with Gasteiger partial charge in [0.1, 0.15) is 0 Å². The van der Waals surface area contributed by atoms with E-state index in [-0.39, 0.29) is 11.9 Å². The Kier molecular flexibility index (Phi) is 6.32. The minimum absolute atomic E-state index is 0.0281. The summed E-state index contributed by atoms with van der Waals surface area (Å²) in [5.74, 6) is -0.0281. The highest BCUT2D eigenvalue weighted by molar-refractivity contribution is 5.81. The van der Waals surface area contributed by atoms with Gasteiger partial charge in [0, 0.05) is 25.9 Å². The van der Waals surface area contributed by atoms with Gasteiger partial charge in [-0.2, -0.15) is 0 Å². The molecule has 0 aliphatic carbocycles. The lowest BCUT2D eigenvalue weighted by molar-refractivity contribution is -0.122. The topological polar surface area (TPSA) is 63.2 Å². The van der Waals surface area contributed by atoms with Crippen molar-refractivity contribution in [3.8, 4) is 0 Å². The van der Waals surface area contributed by atoms with Crippen LogP contribution in [0.3, 0.4) is 0 Å². The molecule has 5 heteroatoms. The minimum Gasteiger partial charge on any atom is -0.383 e. The Morgan fingerprint density at radius 3 is 2.94 bits per heavy atom. The second-order valence-electron chi connectivity index (χ2n) is 4.16. The van der Waals surface area contributed by atoms with Crippen molar-refractivity contribution in [3.05, 3.63) is 29.6 Å². The molecule has 1 aromatic rings. The molecule has 1 aromatic heterocycles. The van der Waals surface area contributed by atoms with Gasteiger partial charge in [-0.25, -0.2) is 0 Å². The highest BCUT2D eigenvalue weighted by Gasteiger charge is 2.11. The summed E-state index contributed by atoms with van der Waals surface area (Å²) < 4.78 is 4.87. The number of aryl methyl sites for hydroxylation is 1. The highest BCUT2D eigenvalue weighted by Crippen LogP contribution is 1.98. The first kappa shape index (κ1) is 14.6. The van der Waals surface area contributed by atoms with Crippen molar-refractivity contribution in [2.24, 2.45) is 0 Å². The molecule has 1 heterocycles. The Balaban J connectivity index is 2.32. The number of pyridine rings is 1. The number of carbonyl (C=O) groups is 1. The summed E-state index contributed by atoms with van der Waals surface area (Å²) >= 11 is 0. The maximum atomic E-state index is 11.7. The van der Waals surface area contributed by atoms with Crippen molar-refractivity contribution in [1.82, 2.24) is 15.6 Å². The van der Waals surface area contributed by atoms with E-state index >= 15 is 0 Å². The molecule has 1 amide bonds. The molecule has 1 unspecified atom stereocenters. The maximum absolute atomic E-state index is 11.7. The van der Waals surface area contributed by atoms with Crippen LogP contribution in [0.25, 0.3) is 0 Å². The number of methoxy groups -OCH3 is 1. The van der Waals surface area contributed by atoms with Crippen LogP contribution in [0.1, 0.15) is 18.3 Å². The van der Waals surface area contributed by atoms with Crippen LogP contribution < -0.4 is 10.6 Å². The van der Waals surface area contributed by atoms with Crippen LogP contribution in [0.2, 0.25) is 0 Å². The van der Waals surface area contributed by atoms with E-state index < -0.39 is 0 Å². The van der Waals surface area contributed by atoms with Crippen molar-refractivity contribution in [2.75, 3.05) is 20.3 Å². The van der Waals surface area contributed by atoms with Crippen LogP contribution >= 0.6 is 0 Å². The standard InChI is InChI=1S/C13H21N3O2/c1-10-5-4-6-12(16-10)9-15-11(2)13(17)14-7-8-18-3/h4-6,11,15H,7-9H2,1-3H3,(H,14,17). The minimum atomic E-state index is -0.246. The van der Waals surface area contributed by atoms with Crippen LogP contribution in [-0.4, -0.2) is 37.2 Å². The van der Waals surface area contributed by atoms with E-state index in [2.05, 4.69) is 15.6 Å². The Morgan fingerprint density at radius 2 is 2.28 bits per heavy atom. The summed E-state index contributed by atoms with van der Waals surface area (Å²) in [6, 6.07) is 5.60. The van der Waals surface area contributed by atoms with Gasteiger partial charge in [-0.15, -0.1) is 0 Å². The molecule has 5 nitrogen and oxygen atoms in total. The molecule has 18 heavy (non-hydrogen) atoms. The van der Waals surface area contributed by atoms with Gasteiger partial charge in [0.2, 0.25) is 5.91 Å². The zero-order chi connectivity index (χ0) is 13.4. The molecule has 100 valence electrons. The third-order valence-electron chi connectivity index (χ3n) is 2.53. The molecular formula is C13H21N3O2. The summed E-state index contributed by atoms with van der Waals surface area (Å²) in [4.78, 5) is 16.0. The summed E-state index contributed by atoms with van der Waals surface area (Å²) in [5, 5.41) is 5.92. The number of nitrogens with one attached hydrogen (secondary N) is 2. The van der Waals surface area contributed by atoms with Gasteiger partial charge in [-0.1, -0.05) is 6.07 Å². The van der Waals surface area contributed by atoms with Crippen LogP contribution in [0, 0.1) is 6.92 Å². The number of carbonyl (C=O) groups excluding carboxylic acids is 1. The molecule has 1 atom stereocenters. The van der Waals surface area contributed by atoms with E-state index in [9.17, 15) is 4.79 Å². The second-order valence-corrected chi connectivity index (χ2v) is 4.16. The summed E-state index contributed by atoms with van der Waals surface area (Å²) in [6.07, 6.45) is 0. The molecule has 0 fully saturated rings. The first-order chi connectivity index (χ1) is 8.63. The van der Waals surface area contributed by atoms with Gasteiger partial charge < -0.3 is 15.4 Å². The number of rotatable bonds is 7. The predicted molar refractivity (Wildman–Crippen MR) is 70.2 cm³/mol. The normalized spacial score (nSPS) is 12.2. The molecule has 0 radical (unpaired) electrons. The van der Waals surface area contributed by atoms with E-state index in [1.165, 1.54) is 0 Å². The third-order valence-corrected chi connectivity index (χ3v) is 2.53. The zero-order valence-electron chi connectivity index (χ0n) is 11.2. The predicted octanol–water partition coefficient (Wildman–Crippen LogP) is 0.631. The zero-order valence-corrected chi connectivity index (χ0v) is 11.2. The lowest BCUT2D eigenvalue weighted by atomic mass is 10.2. The average molecular weight is 251 g/mol. The van der Waals surface area contributed by atoms with Crippen LogP contribution in [0.4, 0.5) is 0 Å². The number of hydrogen-bond donors (Lipinski definition) is 2. The monoisotopic (exact) mass is 251 g/mol. The third kappa shape index (κ3) is 5.25. The fourth-order valence-electron chi connectivity index (χ4n) is 1.48. The van der Waals surface area contributed by atoms with Gasteiger partial charge in [-0.3, -0.25) is 9.78 Å².